The van der Waals surface area contributed by atoms with Crippen LogP contribution in [-0.4, -0.2) is 129 Å². The van der Waals surface area contributed by atoms with Gasteiger partial charge in [0.1, 0.15) is 11.6 Å². The second-order valence-electron chi connectivity index (χ2n) is 21.6. The van der Waals surface area contributed by atoms with Crippen molar-refractivity contribution in [2.24, 2.45) is 0 Å². The van der Waals surface area contributed by atoms with E-state index < -0.39 is 5.82 Å². The molecule has 14 heteroatoms. The summed E-state index contributed by atoms with van der Waals surface area (Å²) < 4.78 is 28.0. The normalized spacial score (nSPS) is 12.0. The minimum absolute atomic E-state index is 0.0102. The molecule has 0 aliphatic heterocycles. The first-order chi connectivity index (χ1) is 39.5. The van der Waals surface area contributed by atoms with Crippen LogP contribution < -0.4 is 4.74 Å². The molecule has 0 unspecified atom stereocenters. The van der Waals surface area contributed by atoms with Gasteiger partial charge in [0.2, 0.25) is 0 Å². The molecule has 0 aliphatic rings. The SMILES string of the molecule is CCN(CC)CCn1c2ccc(C(C)=O)cc2c2cc(C(=O)CCC(=O)c3ccc4c(c3)c3c(OC)c(C(=O)CCC(=O)c5ccc6c(c5)c5cc(C(C)=O)c(F)cc5n6CCN(CC)CC)ccc3n4CCN(CC)CC)c(C)cc21. The number of nitrogens with zero attached hydrogens (tertiary/aromatic N) is 6. The van der Waals surface area contributed by atoms with Crippen LogP contribution in [0.2, 0.25) is 0 Å². The monoisotopic (exact) mass is 1110 g/mol. The van der Waals surface area contributed by atoms with Gasteiger partial charge in [-0.25, -0.2) is 4.39 Å². The Bertz CT molecular complexity index is 3980. The number of ketones is 6. The number of benzene rings is 6. The van der Waals surface area contributed by atoms with Crippen LogP contribution in [0.5, 0.6) is 5.75 Å². The zero-order valence-corrected chi connectivity index (χ0v) is 49.4. The van der Waals surface area contributed by atoms with Crippen LogP contribution in [0.25, 0.3) is 65.4 Å². The second kappa shape index (κ2) is 25.2. The Balaban J connectivity index is 0.999. The van der Waals surface area contributed by atoms with E-state index in [0.29, 0.717) is 62.9 Å². The third kappa shape index (κ3) is 11.5. The molecule has 0 atom stereocenters. The van der Waals surface area contributed by atoms with Crippen molar-refractivity contribution in [3.05, 3.63) is 136 Å². The van der Waals surface area contributed by atoms with Crippen molar-refractivity contribution in [1.29, 1.82) is 0 Å². The van der Waals surface area contributed by atoms with Gasteiger partial charge in [-0.05, 0) is 157 Å². The van der Waals surface area contributed by atoms with E-state index in [9.17, 15) is 28.8 Å². The molecule has 13 nitrogen and oxygen atoms in total. The summed E-state index contributed by atoms with van der Waals surface area (Å²) in [5.74, 6) is -1.53. The number of carbonyl (C=O) groups excluding carboxylic acids is 6. The quantitative estimate of drug-likeness (QED) is 0.0436. The highest BCUT2D eigenvalue weighted by atomic mass is 19.1. The molecule has 0 amide bonds. The third-order valence-electron chi connectivity index (χ3n) is 17.1. The highest BCUT2D eigenvalue weighted by molar-refractivity contribution is 6.19. The van der Waals surface area contributed by atoms with Crippen LogP contribution in [0, 0.1) is 12.7 Å². The van der Waals surface area contributed by atoms with Crippen molar-refractivity contribution in [2.45, 2.75) is 108 Å². The lowest BCUT2D eigenvalue weighted by atomic mass is 9.95. The number of aromatic nitrogens is 3. The van der Waals surface area contributed by atoms with Gasteiger partial charge < -0.3 is 33.1 Å². The molecule has 0 aliphatic carbocycles. The Morgan fingerprint density at radius 2 is 0.817 bits per heavy atom. The Labute approximate surface area is 479 Å². The molecular weight excluding hydrogens is 1030 g/mol. The van der Waals surface area contributed by atoms with Crippen molar-refractivity contribution in [2.75, 3.05) is 66.0 Å². The zero-order valence-electron chi connectivity index (χ0n) is 49.4. The van der Waals surface area contributed by atoms with E-state index in [2.05, 4.69) is 71.4 Å². The first kappa shape index (κ1) is 59.0. The number of ether oxygens (including phenoxy) is 1. The summed E-state index contributed by atoms with van der Waals surface area (Å²) in [6, 6.07) is 27.4. The number of fused-ring (bicyclic) bond motifs is 9. The summed E-state index contributed by atoms with van der Waals surface area (Å²) in [5.41, 5.74) is 8.24. The van der Waals surface area contributed by atoms with Gasteiger partial charge in [-0.15, -0.1) is 0 Å². The Morgan fingerprint density at radius 3 is 1.29 bits per heavy atom. The van der Waals surface area contributed by atoms with Gasteiger partial charge in [0.25, 0.3) is 0 Å². The molecule has 3 heterocycles. The van der Waals surface area contributed by atoms with Gasteiger partial charge in [0.15, 0.2) is 34.7 Å². The summed E-state index contributed by atoms with van der Waals surface area (Å²) >= 11 is 0. The number of hydrogen-bond acceptors (Lipinski definition) is 10. The molecule has 0 spiro atoms. The fraction of sp³-hybridized carbons (Fsp3) is 0.382. The Kier molecular flexibility index (Phi) is 18.2. The molecule has 9 aromatic rings. The molecule has 3 aromatic heterocycles. The maximum Gasteiger partial charge on any atom is 0.167 e. The first-order valence-corrected chi connectivity index (χ1v) is 29.3. The molecule has 0 fully saturated rings. The predicted molar refractivity (Wildman–Crippen MR) is 329 cm³/mol. The Hall–Kier alpha value is -7.65. The van der Waals surface area contributed by atoms with Crippen molar-refractivity contribution in [3.8, 4) is 5.75 Å². The minimum Gasteiger partial charge on any atom is -0.495 e. The number of Topliss-reactive ketones (excluding diaryl/α,β-unsaturated/α-hetero) is 6. The number of aryl methyl sites for hydroxylation is 1. The van der Waals surface area contributed by atoms with Crippen LogP contribution in [0.4, 0.5) is 4.39 Å². The van der Waals surface area contributed by atoms with Gasteiger partial charge in [-0.2, -0.15) is 0 Å². The first-order valence-electron chi connectivity index (χ1n) is 29.3. The summed E-state index contributed by atoms with van der Waals surface area (Å²) in [7, 11) is 1.53. The van der Waals surface area contributed by atoms with E-state index in [4.69, 9.17) is 4.74 Å². The summed E-state index contributed by atoms with van der Waals surface area (Å²) in [5, 5.41) is 4.61. The highest BCUT2D eigenvalue weighted by Gasteiger charge is 2.26. The standard InChI is InChI=1S/C68H77FN6O7/c1-11-70(12-2)29-32-73-59-23-19-47(64(79)26-28-66(81)49-39-53-51-36-45(43(8)76)17-21-57(51)74(61(53)35-42(49)7)33-30-71(13-3)14-4)38-55(59)67-60(73)24-20-48(68(67)82-10)65(80)27-25-63(78)46-18-22-58-52(37-46)54-40-50(44(9)77)56(69)41-62(54)75(58)34-31-72(15-5)16-6/h17-24,35-41H,11-16,25-34H2,1-10H3. The number of rotatable bonds is 28. The fourth-order valence-electron chi connectivity index (χ4n) is 12.2. The van der Waals surface area contributed by atoms with E-state index in [-0.39, 0.29) is 65.9 Å². The molecule has 0 bridgehead atoms. The maximum atomic E-state index is 15.4. The molecule has 9 rings (SSSR count). The van der Waals surface area contributed by atoms with Gasteiger partial charge in [0, 0.05) is 136 Å². The van der Waals surface area contributed by atoms with Crippen molar-refractivity contribution < 1.29 is 37.9 Å². The maximum absolute atomic E-state index is 15.4. The highest BCUT2D eigenvalue weighted by Crippen LogP contribution is 2.40. The van der Waals surface area contributed by atoms with E-state index >= 15 is 4.39 Å². The van der Waals surface area contributed by atoms with Gasteiger partial charge in [-0.3, -0.25) is 28.8 Å². The topological polar surface area (TPSA) is 136 Å². The summed E-state index contributed by atoms with van der Waals surface area (Å²) in [6.07, 6.45) is -0.227. The molecule has 0 saturated carbocycles. The largest absolute Gasteiger partial charge is 0.495 e. The molecular formula is C68H77FN6O7. The zero-order chi connectivity index (χ0) is 58.7. The van der Waals surface area contributed by atoms with Crippen LogP contribution in [0.15, 0.2) is 91.0 Å². The molecule has 0 saturated heterocycles. The number of carbonyl (C=O) groups is 6. The van der Waals surface area contributed by atoms with Gasteiger partial charge in [0.05, 0.1) is 34.7 Å². The van der Waals surface area contributed by atoms with Crippen LogP contribution in [0.3, 0.4) is 0 Å². The van der Waals surface area contributed by atoms with Crippen LogP contribution in [-0.2, 0) is 19.6 Å². The molecule has 82 heavy (non-hydrogen) atoms. The van der Waals surface area contributed by atoms with E-state index in [1.807, 2.05) is 66.1 Å². The lowest BCUT2D eigenvalue weighted by Gasteiger charge is -2.19. The lowest BCUT2D eigenvalue weighted by Crippen LogP contribution is -2.27. The molecule has 428 valence electrons. The Morgan fingerprint density at radius 1 is 0.427 bits per heavy atom. The van der Waals surface area contributed by atoms with E-state index in [1.165, 1.54) is 20.1 Å². The smallest absolute Gasteiger partial charge is 0.167 e. The number of methoxy groups -OCH3 is 1. The number of halogens is 1. The molecule has 0 N–H and O–H groups in total. The number of hydrogen-bond donors (Lipinski definition) is 0. The average molecular weight is 1110 g/mol. The van der Waals surface area contributed by atoms with E-state index in [1.54, 1.807) is 31.2 Å². The molecule has 0 radical (unpaired) electrons. The fourth-order valence-corrected chi connectivity index (χ4v) is 12.2. The van der Waals surface area contributed by atoms with Gasteiger partial charge in [-0.1, -0.05) is 41.5 Å². The van der Waals surface area contributed by atoms with Crippen LogP contribution in [0.1, 0.15) is 149 Å². The number of likely N-dealkylation sites (N-methyl/N-ethyl adjacent to an activating group) is 3. The summed E-state index contributed by atoms with van der Waals surface area (Å²) in [6.45, 7) is 27.2. The van der Waals surface area contributed by atoms with Gasteiger partial charge >= 0.3 is 0 Å². The average Bonchev–Trinajstić information content (AvgIpc) is 3.74. The van der Waals surface area contributed by atoms with Crippen molar-refractivity contribution >= 4 is 100 Å². The minimum atomic E-state index is -0.590. The third-order valence-corrected chi connectivity index (χ3v) is 17.1. The second-order valence-corrected chi connectivity index (χ2v) is 21.6. The van der Waals surface area contributed by atoms with E-state index in [0.717, 1.165) is 120 Å². The van der Waals surface area contributed by atoms with Crippen molar-refractivity contribution in [1.82, 2.24) is 28.4 Å². The lowest BCUT2D eigenvalue weighted by molar-refractivity contribution is 0.0916. The van der Waals surface area contributed by atoms with Crippen LogP contribution >= 0.6 is 0 Å². The predicted octanol–water partition coefficient (Wildman–Crippen LogP) is 13.6. The van der Waals surface area contributed by atoms with Crippen molar-refractivity contribution in [3.63, 3.8) is 0 Å². The molecule has 6 aromatic carbocycles. The summed E-state index contributed by atoms with van der Waals surface area (Å²) in [4.78, 5) is 89.2.